The lowest BCUT2D eigenvalue weighted by molar-refractivity contribution is -0.188. The number of rotatable bonds is 7. The first-order valence-electron chi connectivity index (χ1n) is 8.46. The molecule has 0 spiro atoms. The SMILES string of the molecule is CCCC(=O)NOC(O)C(=O)[C@H]1O[C@@H](n2cnc3c(N)ncnc32)C(O)C1O. The lowest BCUT2D eigenvalue weighted by atomic mass is 10.1. The second-order valence-corrected chi connectivity index (χ2v) is 6.16. The van der Waals surface area contributed by atoms with Gasteiger partial charge >= 0.3 is 0 Å². The van der Waals surface area contributed by atoms with E-state index in [0.29, 0.717) is 6.42 Å². The van der Waals surface area contributed by atoms with Crippen molar-refractivity contribution in [2.24, 2.45) is 0 Å². The van der Waals surface area contributed by atoms with Crippen molar-refractivity contribution in [2.45, 2.75) is 50.6 Å². The number of anilines is 1. The summed E-state index contributed by atoms with van der Waals surface area (Å²) >= 11 is 0. The first-order chi connectivity index (χ1) is 13.3. The Morgan fingerprint density at radius 1 is 1.36 bits per heavy atom. The summed E-state index contributed by atoms with van der Waals surface area (Å²) < 4.78 is 6.72. The van der Waals surface area contributed by atoms with Crippen LogP contribution in [0.2, 0.25) is 0 Å². The van der Waals surface area contributed by atoms with Crippen molar-refractivity contribution in [1.29, 1.82) is 0 Å². The number of ether oxygens (including phenoxy) is 1. The maximum absolute atomic E-state index is 12.3. The molecule has 1 fully saturated rings. The van der Waals surface area contributed by atoms with Gasteiger partial charge in [-0.25, -0.2) is 25.3 Å². The highest BCUT2D eigenvalue weighted by atomic mass is 16.7. The Kier molecular flexibility index (Phi) is 5.81. The standard InChI is InChI=1S/C15H20N6O7/c1-2-3-6(22)20-28-15(26)10(25)11-8(23)9(24)14(27-11)21-5-19-7-12(16)17-4-18-13(7)21/h4-5,8-9,11,14-15,23-24,26H,2-3H2,1H3,(H,20,22)(H2,16,17,18)/t8?,9?,11-,14+,15?/m0/s1. The number of aliphatic hydroxyl groups is 3. The molecule has 13 heteroatoms. The van der Waals surface area contributed by atoms with Crippen LogP contribution in [0.15, 0.2) is 12.7 Å². The topological polar surface area (TPSA) is 195 Å². The van der Waals surface area contributed by atoms with Crippen LogP contribution < -0.4 is 11.2 Å². The van der Waals surface area contributed by atoms with Crippen molar-refractivity contribution >= 4 is 28.7 Å². The number of imidazole rings is 1. The van der Waals surface area contributed by atoms with Gasteiger partial charge in [0.15, 0.2) is 23.8 Å². The summed E-state index contributed by atoms with van der Waals surface area (Å²) in [5.41, 5.74) is 8.11. The molecule has 2 aromatic heterocycles. The first kappa shape index (κ1) is 20.0. The highest BCUT2D eigenvalue weighted by Gasteiger charge is 2.49. The number of carbonyl (C=O) groups excluding carboxylic acids is 2. The zero-order valence-electron chi connectivity index (χ0n) is 14.8. The van der Waals surface area contributed by atoms with Gasteiger partial charge in [-0.05, 0) is 6.42 Å². The van der Waals surface area contributed by atoms with Gasteiger partial charge in [0.2, 0.25) is 18.0 Å². The molecular weight excluding hydrogens is 376 g/mol. The van der Waals surface area contributed by atoms with E-state index in [0.717, 1.165) is 0 Å². The summed E-state index contributed by atoms with van der Waals surface area (Å²) in [6.07, 6.45) is -5.01. The minimum Gasteiger partial charge on any atom is -0.387 e. The van der Waals surface area contributed by atoms with Crippen molar-refractivity contribution in [3.05, 3.63) is 12.7 Å². The molecule has 28 heavy (non-hydrogen) atoms. The minimum atomic E-state index is -2.09. The van der Waals surface area contributed by atoms with Gasteiger partial charge in [-0.2, -0.15) is 0 Å². The molecule has 0 aliphatic carbocycles. The molecule has 6 N–H and O–H groups in total. The molecule has 0 aromatic carbocycles. The fourth-order valence-corrected chi connectivity index (χ4v) is 2.78. The second kappa shape index (κ2) is 8.12. The molecule has 152 valence electrons. The molecule has 2 aromatic rings. The molecule has 1 amide bonds. The number of nitrogens with two attached hydrogens (primary N) is 1. The van der Waals surface area contributed by atoms with Gasteiger partial charge in [-0.15, -0.1) is 0 Å². The fraction of sp³-hybridized carbons (Fsp3) is 0.533. The van der Waals surface area contributed by atoms with Crippen LogP contribution in [0.4, 0.5) is 5.82 Å². The van der Waals surface area contributed by atoms with Gasteiger partial charge in [0.05, 0.1) is 6.33 Å². The molecular formula is C15H20N6O7. The molecule has 3 heterocycles. The third-order valence-electron chi connectivity index (χ3n) is 4.18. The number of hydrogen-bond acceptors (Lipinski definition) is 11. The van der Waals surface area contributed by atoms with Crippen molar-refractivity contribution in [2.75, 3.05) is 5.73 Å². The molecule has 5 atom stereocenters. The number of nitrogen functional groups attached to an aromatic ring is 1. The lowest BCUT2D eigenvalue weighted by Gasteiger charge is -2.17. The number of nitrogens with one attached hydrogen (secondary N) is 1. The van der Waals surface area contributed by atoms with Gasteiger partial charge in [-0.1, -0.05) is 6.92 Å². The Labute approximate surface area is 158 Å². The molecule has 1 aliphatic rings. The van der Waals surface area contributed by atoms with Gasteiger partial charge in [0.25, 0.3) is 0 Å². The number of amides is 1. The average Bonchev–Trinajstić information content (AvgIpc) is 3.22. The number of hydroxylamine groups is 1. The number of aromatic nitrogens is 4. The summed E-state index contributed by atoms with van der Waals surface area (Å²) in [4.78, 5) is 40.1. The summed E-state index contributed by atoms with van der Waals surface area (Å²) in [6, 6.07) is 0. The van der Waals surface area contributed by atoms with E-state index in [1.165, 1.54) is 17.2 Å². The van der Waals surface area contributed by atoms with Gasteiger partial charge in [0.1, 0.15) is 24.1 Å². The molecule has 13 nitrogen and oxygen atoms in total. The molecule has 1 aliphatic heterocycles. The third-order valence-corrected chi connectivity index (χ3v) is 4.18. The number of fused-ring (bicyclic) bond motifs is 1. The highest BCUT2D eigenvalue weighted by Crippen LogP contribution is 2.32. The summed E-state index contributed by atoms with van der Waals surface area (Å²) in [5.74, 6) is -1.50. The number of hydrogen-bond donors (Lipinski definition) is 5. The van der Waals surface area contributed by atoms with Crippen LogP contribution in [0.3, 0.4) is 0 Å². The van der Waals surface area contributed by atoms with E-state index in [4.69, 9.17) is 10.5 Å². The van der Waals surface area contributed by atoms with Gasteiger partial charge < -0.3 is 25.8 Å². The van der Waals surface area contributed by atoms with Crippen molar-refractivity contribution in [1.82, 2.24) is 25.0 Å². The van der Waals surface area contributed by atoms with E-state index in [-0.39, 0.29) is 23.4 Å². The molecule has 0 radical (unpaired) electrons. The summed E-state index contributed by atoms with van der Waals surface area (Å²) in [7, 11) is 0. The fourth-order valence-electron chi connectivity index (χ4n) is 2.78. The van der Waals surface area contributed by atoms with Crippen LogP contribution in [0.1, 0.15) is 26.0 Å². The molecule has 3 unspecified atom stereocenters. The number of carbonyl (C=O) groups is 2. The van der Waals surface area contributed by atoms with E-state index in [9.17, 15) is 24.9 Å². The average molecular weight is 396 g/mol. The Hall–Kier alpha value is -2.71. The zero-order chi connectivity index (χ0) is 20.4. The second-order valence-electron chi connectivity index (χ2n) is 6.16. The smallest absolute Gasteiger partial charge is 0.243 e. The number of nitrogens with zero attached hydrogens (tertiary/aromatic N) is 4. The largest absolute Gasteiger partial charge is 0.387 e. The molecule has 1 saturated heterocycles. The predicted molar refractivity (Wildman–Crippen MR) is 90.8 cm³/mol. The van der Waals surface area contributed by atoms with Crippen LogP contribution >= 0.6 is 0 Å². The highest BCUT2D eigenvalue weighted by molar-refractivity contribution is 5.87. The summed E-state index contributed by atoms with van der Waals surface area (Å²) in [6.45, 7) is 1.77. The molecule has 0 saturated carbocycles. The van der Waals surface area contributed by atoms with Crippen LogP contribution in [0.5, 0.6) is 0 Å². The summed E-state index contributed by atoms with van der Waals surface area (Å²) in [5, 5.41) is 30.3. The quantitative estimate of drug-likeness (QED) is 0.251. The van der Waals surface area contributed by atoms with Gasteiger partial charge in [-0.3, -0.25) is 14.2 Å². The maximum Gasteiger partial charge on any atom is 0.243 e. The molecule has 3 rings (SSSR count). The van der Waals surface area contributed by atoms with E-state index < -0.39 is 42.5 Å². The number of aliphatic hydroxyl groups excluding tert-OH is 3. The Morgan fingerprint density at radius 2 is 2.11 bits per heavy atom. The van der Waals surface area contributed by atoms with Crippen LogP contribution in [-0.4, -0.2) is 71.1 Å². The monoisotopic (exact) mass is 396 g/mol. The van der Waals surface area contributed by atoms with Gasteiger partial charge in [0, 0.05) is 6.42 Å². The Bertz CT molecular complexity index is 874. The van der Waals surface area contributed by atoms with Crippen molar-refractivity contribution in [3.8, 4) is 0 Å². The zero-order valence-corrected chi connectivity index (χ0v) is 14.8. The van der Waals surface area contributed by atoms with Crippen molar-refractivity contribution < 1.29 is 34.5 Å². The normalized spacial score (nSPS) is 25.7. The maximum atomic E-state index is 12.3. The third kappa shape index (κ3) is 3.65. The van der Waals surface area contributed by atoms with Crippen LogP contribution in [0, 0.1) is 0 Å². The van der Waals surface area contributed by atoms with Crippen LogP contribution in [0.25, 0.3) is 11.2 Å². The predicted octanol–water partition coefficient (Wildman–Crippen LogP) is -2.24. The van der Waals surface area contributed by atoms with E-state index >= 15 is 0 Å². The van der Waals surface area contributed by atoms with E-state index in [1.54, 1.807) is 6.92 Å². The Morgan fingerprint density at radius 3 is 2.82 bits per heavy atom. The van der Waals surface area contributed by atoms with E-state index in [2.05, 4.69) is 19.8 Å². The van der Waals surface area contributed by atoms with Crippen LogP contribution in [-0.2, 0) is 19.2 Å². The Balaban J connectivity index is 1.73. The molecule has 0 bridgehead atoms. The first-order valence-corrected chi connectivity index (χ1v) is 8.46. The van der Waals surface area contributed by atoms with Crippen molar-refractivity contribution in [3.63, 3.8) is 0 Å². The minimum absolute atomic E-state index is 0.107. The number of Topliss-reactive ketones (excluding diaryl/α,β-unsaturated/α-hetero) is 1. The van der Waals surface area contributed by atoms with E-state index in [1.807, 2.05) is 5.48 Å². The lowest BCUT2D eigenvalue weighted by Crippen LogP contribution is -2.44. The number of ketones is 1.